The van der Waals surface area contributed by atoms with E-state index in [1.54, 1.807) is 11.3 Å². The standard InChI is InChI=1S/C13H19N3OS.ClH/c1-8-6-10(4-5-14-8)12(17)16-13-15-11(7-18-13)9-2-3-9;/h7-10,14H,2-6H2,1H3,(H,15,16,17);1H/t8-,10-;/m0./s1. The molecule has 1 aliphatic heterocycles. The molecule has 0 bridgehead atoms. The molecule has 2 atom stereocenters. The molecule has 1 aliphatic carbocycles. The van der Waals surface area contributed by atoms with E-state index >= 15 is 0 Å². The molecule has 3 rings (SSSR count). The van der Waals surface area contributed by atoms with Crippen molar-refractivity contribution in [2.45, 2.75) is 44.6 Å². The van der Waals surface area contributed by atoms with E-state index in [0.717, 1.165) is 30.2 Å². The van der Waals surface area contributed by atoms with E-state index in [1.165, 1.54) is 12.8 Å². The predicted molar refractivity (Wildman–Crippen MR) is 80.2 cm³/mol. The number of hydrogen-bond donors (Lipinski definition) is 2. The van der Waals surface area contributed by atoms with Gasteiger partial charge in [0, 0.05) is 23.3 Å². The lowest BCUT2D eigenvalue weighted by atomic mass is 9.92. The van der Waals surface area contributed by atoms with Gasteiger partial charge in [-0.1, -0.05) is 0 Å². The highest BCUT2D eigenvalue weighted by atomic mass is 35.5. The van der Waals surface area contributed by atoms with Crippen LogP contribution in [0.15, 0.2) is 5.38 Å². The van der Waals surface area contributed by atoms with Crippen molar-refractivity contribution in [3.05, 3.63) is 11.1 Å². The Balaban J connectivity index is 0.00000133. The number of thiazole rings is 1. The van der Waals surface area contributed by atoms with Gasteiger partial charge in [-0.3, -0.25) is 4.79 Å². The van der Waals surface area contributed by atoms with E-state index in [9.17, 15) is 4.79 Å². The van der Waals surface area contributed by atoms with Gasteiger partial charge in [-0.2, -0.15) is 0 Å². The Kier molecular flexibility index (Phi) is 4.81. The fourth-order valence-corrected chi connectivity index (χ4v) is 3.28. The number of anilines is 1. The summed E-state index contributed by atoms with van der Waals surface area (Å²) in [6.45, 7) is 3.07. The summed E-state index contributed by atoms with van der Waals surface area (Å²) in [6, 6.07) is 0.438. The van der Waals surface area contributed by atoms with Gasteiger partial charge in [-0.15, -0.1) is 23.7 Å². The van der Waals surface area contributed by atoms with Crippen molar-refractivity contribution in [1.82, 2.24) is 10.3 Å². The summed E-state index contributed by atoms with van der Waals surface area (Å²) in [5.41, 5.74) is 1.16. The third-order valence-electron chi connectivity index (χ3n) is 3.74. The van der Waals surface area contributed by atoms with Crippen LogP contribution in [0.4, 0.5) is 5.13 Å². The summed E-state index contributed by atoms with van der Waals surface area (Å²) >= 11 is 1.55. The SMILES string of the molecule is C[C@H]1C[C@@H](C(=O)Nc2nc(C3CC3)cs2)CCN1.Cl. The van der Waals surface area contributed by atoms with Crippen molar-refractivity contribution in [1.29, 1.82) is 0 Å². The minimum absolute atomic E-state index is 0. The first-order valence-electron chi connectivity index (χ1n) is 6.72. The monoisotopic (exact) mass is 301 g/mol. The number of nitrogens with one attached hydrogen (secondary N) is 2. The van der Waals surface area contributed by atoms with Gasteiger partial charge in [0.25, 0.3) is 0 Å². The van der Waals surface area contributed by atoms with Crippen LogP contribution in [0, 0.1) is 5.92 Å². The molecule has 0 unspecified atom stereocenters. The smallest absolute Gasteiger partial charge is 0.229 e. The lowest BCUT2D eigenvalue weighted by Gasteiger charge is -2.26. The Morgan fingerprint density at radius 2 is 2.26 bits per heavy atom. The second kappa shape index (κ2) is 6.20. The van der Waals surface area contributed by atoms with Crippen LogP contribution in [-0.2, 0) is 4.79 Å². The van der Waals surface area contributed by atoms with E-state index in [2.05, 4.69) is 27.9 Å². The van der Waals surface area contributed by atoms with E-state index in [1.807, 2.05) is 0 Å². The van der Waals surface area contributed by atoms with Gasteiger partial charge in [-0.05, 0) is 39.2 Å². The zero-order valence-electron chi connectivity index (χ0n) is 11.0. The van der Waals surface area contributed by atoms with Crippen LogP contribution in [-0.4, -0.2) is 23.5 Å². The van der Waals surface area contributed by atoms with Crippen LogP contribution in [0.2, 0.25) is 0 Å². The average Bonchev–Trinajstić information content (AvgIpc) is 3.11. The number of aromatic nitrogens is 1. The summed E-state index contributed by atoms with van der Waals surface area (Å²) in [5, 5.41) is 9.19. The highest BCUT2D eigenvalue weighted by Gasteiger charge is 2.28. The van der Waals surface area contributed by atoms with E-state index in [0.29, 0.717) is 12.0 Å². The van der Waals surface area contributed by atoms with Crippen LogP contribution in [0.25, 0.3) is 0 Å². The Hall–Kier alpha value is -0.650. The molecule has 1 saturated heterocycles. The first-order chi connectivity index (χ1) is 8.72. The molecule has 1 amide bonds. The van der Waals surface area contributed by atoms with Crippen molar-refractivity contribution in [2.24, 2.45) is 5.92 Å². The molecule has 1 saturated carbocycles. The summed E-state index contributed by atoms with van der Waals surface area (Å²) in [7, 11) is 0. The second-order valence-corrected chi connectivity index (χ2v) is 6.28. The molecule has 0 aromatic carbocycles. The van der Waals surface area contributed by atoms with Gasteiger partial charge in [-0.25, -0.2) is 4.98 Å². The molecular formula is C13H20ClN3OS. The molecular weight excluding hydrogens is 282 g/mol. The molecule has 2 aliphatic rings. The first-order valence-corrected chi connectivity index (χ1v) is 7.60. The van der Waals surface area contributed by atoms with Crippen LogP contribution in [0.1, 0.15) is 44.2 Å². The van der Waals surface area contributed by atoms with Crippen molar-refractivity contribution < 1.29 is 4.79 Å². The maximum Gasteiger partial charge on any atom is 0.229 e. The molecule has 2 fully saturated rings. The van der Waals surface area contributed by atoms with Gasteiger partial charge in [0.15, 0.2) is 5.13 Å². The normalized spacial score (nSPS) is 26.6. The van der Waals surface area contributed by atoms with Crippen molar-refractivity contribution in [2.75, 3.05) is 11.9 Å². The Labute approximate surface area is 123 Å². The number of nitrogens with zero attached hydrogens (tertiary/aromatic N) is 1. The average molecular weight is 302 g/mol. The Morgan fingerprint density at radius 1 is 1.47 bits per heavy atom. The van der Waals surface area contributed by atoms with Crippen LogP contribution >= 0.6 is 23.7 Å². The number of hydrogen-bond acceptors (Lipinski definition) is 4. The number of piperidine rings is 1. The molecule has 2 N–H and O–H groups in total. The fraction of sp³-hybridized carbons (Fsp3) is 0.692. The summed E-state index contributed by atoms with van der Waals surface area (Å²) in [5.74, 6) is 0.931. The number of rotatable bonds is 3. The lowest BCUT2D eigenvalue weighted by Crippen LogP contribution is -2.40. The number of halogens is 1. The third kappa shape index (κ3) is 3.68. The van der Waals surface area contributed by atoms with Gasteiger partial charge in [0.05, 0.1) is 5.69 Å². The third-order valence-corrected chi connectivity index (χ3v) is 4.52. The van der Waals surface area contributed by atoms with E-state index in [-0.39, 0.29) is 24.2 Å². The molecule has 0 spiro atoms. The van der Waals surface area contributed by atoms with Crippen LogP contribution in [0.3, 0.4) is 0 Å². The molecule has 106 valence electrons. The van der Waals surface area contributed by atoms with Gasteiger partial charge >= 0.3 is 0 Å². The number of amides is 1. The van der Waals surface area contributed by atoms with Crippen molar-refractivity contribution >= 4 is 34.8 Å². The first kappa shape index (κ1) is 14.8. The summed E-state index contributed by atoms with van der Waals surface area (Å²) < 4.78 is 0. The zero-order chi connectivity index (χ0) is 12.5. The number of carbonyl (C=O) groups is 1. The largest absolute Gasteiger partial charge is 0.314 e. The molecule has 2 heterocycles. The van der Waals surface area contributed by atoms with Gasteiger partial charge < -0.3 is 10.6 Å². The lowest BCUT2D eigenvalue weighted by molar-refractivity contribution is -0.120. The molecule has 6 heteroatoms. The van der Waals surface area contributed by atoms with Gasteiger partial charge in [0.2, 0.25) is 5.91 Å². The highest BCUT2D eigenvalue weighted by Crippen LogP contribution is 2.40. The molecule has 4 nitrogen and oxygen atoms in total. The molecule has 0 radical (unpaired) electrons. The van der Waals surface area contributed by atoms with Crippen LogP contribution in [0.5, 0.6) is 0 Å². The van der Waals surface area contributed by atoms with Crippen molar-refractivity contribution in [3.8, 4) is 0 Å². The molecule has 19 heavy (non-hydrogen) atoms. The Bertz CT molecular complexity index is 447. The molecule has 1 aromatic heterocycles. The van der Waals surface area contributed by atoms with Crippen molar-refractivity contribution in [3.63, 3.8) is 0 Å². The van der Waals surface area contributed by atoms with E-state index < -0.39 is 0 Å². The summed E-state index contributed by atoms with van der Waals surface area (Å²) in [6.07, 6.45) is 4.36. The molecule has 1 aromatic rings. The highest BCUT2D eigenvalue weighted by molar-refractivity contribution is 7.13. The Morgan fingerprint density at radius 3 is 2.95 bits per heavy atom. The van der Waals surface area contributed by atoms with E-state index in [4.69, 9.17) is 0 Å². The van der Waals surface area contributed by atoms with Crippen LogP contribution < -0.4 is 10.6 Å². The summed E-state index contributed by atoms with van der Waals surface area (Å²) in [4.78, 5) is 16.6. The number of carbonyl (C=O) groups excluding carboxylic acids is 1. The topological polar surface area (TPSA) is 54.0 Å². The van der Waals surface area contributed by atoms with Gasteiger partial charge in [0.1, 0.15) is 0 Å². The zero-order valence-corrected chi connectivity index (χ0v) is 12.6. The predicted octanol–water partition coefficient (Wildman–Crippen LogP) is 2.77. The minimum atomic E-state index is 0. The second-order valence-electron chi connectivity index (χ2n) is 5.42. The fourth-order valence-electron chi connectivity index (χ4n) is 2.49. The maximum absolute atomic E-state index is 12.1. The maximum atomic E-state index is 12.1. The quantitative estimate of drug-likeness (QED) is 0.902. The minimum Gasteiger partial charge on any atom is -0.314 e.